The average Bonchev–Trinajstić information content (AvgIpc) is 2.69. The largest absolute Gasteiger partial charge is 0.490 e. The number of nitro groups is 1. The van der Waals surface area contributed by atoms with Gasteiger partial charge in [0.15, 0.2) is 0 Å². The Kier molecular flexibility index (Phi) is 7.78. The molecule has 1 saturated heterocycles. The van der Waals surface area contributed by atoms with Gasteiger partial charge in [-0.1, -0.05) is 30.3 Å². The van der Waals surface area contributed by atoms with Gasteiger partial charge in [-0.3, -0.25) is 14.9 Å². The number of hydrogen-bond donors (Lipinski definition) is 1. The average molecular weight is 406 g/mol. The number of piperidine rings is 1. The van der Waals surface area contributed by atoms with Gasteiger partial charge in [-0.15, -0.1) is 12.4 Å². The Balaban J connectivity index is 0.00000280. The van der Waals surface area contributed by atoms with E-state index in [1.807, 2.05) is 35.2 Å². The molecular weight excluding hydrogens is 382 g/mol. The number of halogens is 1. The lowest BCUT2D eigenvalue weighted by atomic mass is 10.0. The van der Waals surface area contributed by atoms with E-state index in [0.717, 1.165) is 18.4 Å². The molecule has 1 unspecified atom stereocenters. The molecule has 8 heteroatoms. The van der Waals surface area contributed by atoms with Crippen LogP contribution in [0.25, 0.3) is 0 Å². The van der Waals surface area contributed by atoms with E-state index >= 15 is 0 Å². The molecule has 1 amide bonds. The fraction of sp³-hybridized carbons (Fsp3) is 0.350. The zero-order valence-corrected chi connectivity index (χ0v) is 16.2. The van der Waals surface area contributed by atoms with Gasteiger partial charge < -0.3 is 15.4 Å². The second kappa shape index (κ2) is 10.1. The summed E-state index contributed by atoms with van der Waals surface area (Å²) in [6.45, 7) is 1.25. The second-order valence-electron chi connectivity index (χ2n) is 6.67. The Morgan fingerprint density at radius 1 is 1.14 bits per heavy atom. The van der Waals surface area contributed by atoms with Crippen molar-refractivity contribution in [1.82, 2.24) is 4.90 Å². The molecule has 150 valence electrons. The molecule has 1 aliphatic rings. The Labute approximate surface area is 170 Å². The Morgan fingerprint density at radius 3 is 2.32 bits per heavy atom. The molecule has 2 aromatic rings. The van der Waals surface area contributed by atoms with Crippen molar-refractivity contribution < 1.29 is 14.5 Å². The van der Waals surface area contributed by atoms with Gasteiger partial charge >= 0.3 is 0 Å². The van der Waals surface area contributed by atoms with E-state index in [1.54, 1.807) is 12.1 Å². The van der Waals surface area contributed by atoms with E-state index in [0.29, 0.717) is 18.8 Å². The number of ether oxygens (including phenoxy) is 1. The van der Waals surface area contributed by atoms with Crippen LogP contribution in [0, 0.1) is 10.1 Å². The maximum absolute atomic E-state index is 12.5. The van der Waals surface area contributed by atoms with Crippen molar-refractivity contribution in [2.24, 2.45) is 5.73 Å². The summed E-state index contributed by atoms with van der Waals surface area (Å²) in [6, 6.07) is 15.4. The van der Waals surface area contributed by atoms with Gasteiger partial charge in [0.2, 0.25) is 5.91 Å². The maximum atomic E-state index is 12.5. The summed E-state index contributed by atoms with van der Waals surface area (Å²) in [5.74, 6) is 0.664. The van der Waals surface area contributed by atoms with Crippen molar-refractivity contribution in [3.63, 3.8) is 0 Å². The summed E-state index contributed by atoms with van der Waals surface area (Å²) >= 11 is 0. The van der Waals surface area contributed by atoms with E-state index in [-0.39, 0.29) is 42.6 Å². The summed E-state index contributed by atoms with van der Waals surface area (Å²) in [7, 11) is 0. The van der Waals surface area contributed by atoms with Crippen molar-refractivity contribution in [3.8, 4) is 5.75 Å². The Morgan fingerprint density at radius 2 is 1.75 bits per heavy atom. The van der Waals surface area contributed by atoms with Crippen molar-refractivity contribution >= 4 is 24.0 Å². The number of carbonyl (C=O) groups is 1. The number of nitrogens with zero attached hydrogens (tertiary/aromatic N) is 2. The predicted octanol–water partition coefficient (Wildman–Crippen LogP) is 3.48. The molecule has 1 atom stereocenters. The molecule has 7 nitrogen and oxygen atoms in total. The Bertz CT molecular complexity index is 778. The summed E-state index contributed by atoms with van der Waals surface area (Å²) in [6.07, 6.45) is 1.74. The lowest BCUT2D eigenvalue weighted by Gasteiger charge is -2.32. The number of nitrogens with two attached hydrogens (primary N) is 1. The van der Waals surface area contributed by atoms with E-state index in [2.05, 4.69) is 0 Å². The summed E-state index contributed by atoms with van der Waals surface area (Å²) < 4.78 is 5.88. The molecule has 2 N–H and O–H groups in total. The van der Waals surface area contributed by atoms with Gasteiger partial charge in [-0.2, -0.15) is 0 Å². The molecule has 0 spiro atoms. The first-order valence-corrected chi connectivity index (χ1v) is 9.02. The molecule has 0 aromatic heterocycles. The van der Waals surface area contributed by atoms with Gasteiger partial charge in [0.1, 0.15) is 11.9 Å². The van der Waals surface area contributed by atoms with Crippen molar-refractivity contribution in [1.29, 1.82) is 0 Å². The highest BCUT2D eigenvalue weighted by Crippen LogP contribution is 2.23. The second-order valence-corrected chi connectivity index (χ2v) is 6.67. The van der Waals surface area contributed by atoms with E-state index in [9.17, 15) is 14.9 Å². The van der Waals surface area contributed by atoms with Crippen LogP contribution in [0.5, 0.6) is 5.75 Å². The quantitative estimate of drug-likeness (QED) is 0.586. The number of amides is 1. The molecule has 1 heterocycles. The van der Waals surface area contributed by atoms with Crippen molar-refractivity contribution in [2.75, 3.05) is 13.1 Å². The highest BCUT2D eigenvalue weighted by Gasteiger charge is 2.25. The molecule has 0 saturated carbocycles. The van der Waals surface area contributed by atoms with Crippen LogP contribution in [0.4, 0.5) is 5.69 Å². The fourth-order valence-electron chi connectivity index (χ4n) is 3.20. The molecule has 1 fully saturated rings. The number of non-ortho nitro benzene ring substituents is 1. The van der Waals surface area contributed by atoms with Crippen LogP contribution in [-0.2, 0) is 4.79 Å². The third-order valence-electron chi connectivity index (χ3n) is 4.77. The first kappa shape index (κ1) is 21.7. The van der Waals surface area contributed by atoms with Crippen LogP contribution in [0.3, 0.4) is 0 Å². The number of hydrogen-bond acceptors (Lipinski definition) is 5. The highest BCUT2D eigenvalue weighted by molar-refractivity contribution is 5.85. The van der Waals surface area contributed by atoms with E-state index in [1.165, 1.54) is 12.1 Å². The van der Waals surface area contributed by atoms with Crippen LogP contribution in [0.1, 0.15) is 30.9 Å². The molecule has 0 bridgehead atoms. The minimum absolute atomic E-state index is 0. The van der Waals surface area contributed by atoms with E-state index < -0.39 is 4.92 Å². The lowest BCUT2D eigenvalue weighted by molar-refractivity contribution is -0.384. The highest BCUT2D eigenvalue weighted by atomic mass is 35.5. The molecule has 0 aliphatic carbocycles. The zero-order chi connectivity index (χ0) is 19.2. The van der Waals surface area contributed by atoms with Crippen LogP contribution >= 0.6 is 12.4 Å². The number of rotatable bonds is 6. The minimum atomic E-state index is -0.436. The topological polar surface area (TPSA) is 98.7 Å². The summed E-state index contributed by atoms with van der Waals surface area (Å²) in [5, 5.41) is 10.7. The molecule has 1 aliphatic heterocycles. The van der Waals surface area contributed by atoms with Crippen molar-refractivity contribution in [3.05, 3.63) is 70.3 Å². The molecule has 0 radical (unpaired) electrons. The van der Waals surface area contributed by atoms with Crippen LogP contribution < -0.4 is 10.5 Å². The van der Waals surface area contributed by atoms with Crippen LogP contribution in [0.15, 0.2) is 54.6 Å². The summed E-state index contributed by atoms with van der Waals surface area (Å²) in [4.78, 5) is 24.6. The number of nitro benzene ring substituents is 1. The van der Waals surface area contributed by atoms with Crippen LogP contribution in [-0.4, -0.2) is 34.9 Å². The van der Waals surface area contributed by atoms with Crippen LogP contribution in [0.2, 0.25) is 0 Å². The SMILES string of the molecule is Cl.NC(CC(=O)N1CCC(Oc2ccc([N+](=O)[O-])cc2)CC1)c1ccccc1. The zero-order valence-electron chi connectivity index (χ0n) is 15.4. The molecule has 3 rings (SSSR count). The first-order valence-electron chi connectivity index (χ1n) is 9.02. The smallest absolute Gasteiger partial charge is 0.269 e. The van der Waals surface area contributed by atoms with Gasteiger partial charge in [0, 0.05) is 50.5 Å². The third-order valence-corrected chi connectivity index (χ3v) is 4.77. The fourth-order valence-corrected chi connectivity index (χ4v) is 3.20. The Hall–Kier alpha value is -2.64. The van der Waals surface area contributed by atoms with E-state index in [4.69, 9.17) is 10.5 Å². The van der Waals surface area contributed by atoms with Crippen molar-refractivity contribution in [2.45, 2.75) is 31.4 Å². The summed E-state index contributed by atoms with van der Waals surface area (Å²) in [5.41, 5.74) is 7.15. The van der Waals surface area contributed by atoms with Gasteiger partial charge in [-0.25, -0.2) is 0 Å². The normalized spacial score (nSPS) is 15.4. The standard InChI is InChI=1S/C20H23N3O4.ClH/c21-19(15-4-2-1-3-5-15)14-20(24)22-12-10-18(11-13-22)27-17-8-6-16(7-9-17)23(25)26;/h1-9,18-19H,10-14,21H2;1H. The monoisotopic (exact) mass is 405 g/mol. The molecule has 28 heavy (non-hydrogen) atoms. The van der Waals surface area contributed by atoms with Gasteiger partial charge in [-0.05, 0) is 17.7 Å². The molecule has 2 aromatic carbocycles. The number of likely N-dealkylation sites (tertiary alicyclic amines) is 1. The molecular formula is C20H24ClN3O4. The minimum Gasteiger partial charge on any atom is -0.490 e. The predicted molar refractivity (Wildman–Crippen MR) is 109 cm³/mol. The third kappa shape index (κ3) is 5.68. The first-order chi connectivity index (χ1) is 13.0. The number of benzene rings is 2. The van der Waals surface area contributed by atoms with Gasteiger partial charge in [0.05, 0.1) is 4.92 Å². The van der Waals surface area contributed by atoms with Gasteiger partial charge in [0.25, 0.3) is 5.69 Å². The lowest BCUT2D eigenvalue weighted by Crippen LogP contribution is -2.42. The maximum Gasteiger partial charge on any atom is 0.269 e. The number of carbonyl (C=O) groups excluding carboxylic acids is 1.